The summed E-state index contributed by atoms with van der Waals surface area (Å²) in [6.45, 7) is 8.95. The van der Waals surface area contributed by atoms with E-state index in [1.54, 1.807) is 0 Å². The molecule has 0 fully saturated rings. The minimum absolute atomic E-state index is 0. The van der Waals surface area contributed by atoms with Gasteiger partial charge in [0.25, 0.3) is 0 Å². The quantitative estimate of drug-likeness (QED) is 0.508. The van der Waals surface area contributed by atoms with Gasteiger partial charge in [0.15, 0.2) is 0 Å². The number of unbranched alkanes of at least 4 members (excludes halogenated alkanes) is 5. The Balaban J connectivity index is -0.00000162. The second-order valence-electron chi connectivity index (χ2n) is 5.22. The molecule has 1 amide bonds. The van der Waals surface area contributed by atoms with E-state index in [9.17, 15) is 4.79 Å². The summed E-state index contributed by atoms with van der Waals surface area (Å²) in [5.41, 5.74) is 0. The molecule has 0 saturated carbocycles. The highest BCUT2D eigenvalue weighted by Gasteiger charge is 1.99. The molecule has 0 aliphatic heterocycles. The Morgan fingerprint density at radius 2 is 1.63 bits per heavy atom. The van der Waals surface area contributed by atoms with Crippen LogP contribution in [-0.2, 0) is 9.53 Å². The maximum absolute atomic E-state index is 11.2. The van der Waals surface area contributed by atoms with Gasteiger partial charge in [-0.05, 0) is 26.3 Å². The van der Waals surface area contributed by atoms with Crippen LogP contribution in [-0.4, -0.2) is 38.3 Å². The van der Waals surface area contributed by atoms with Crippen LogP contribution in [0.3, 0.4) is 0 Å². The zero-order valence-corrected chi connectivity index (χ0v) is 13.0. The highest BCUT2D eigenvalue weighted by molar-refractivity contribution is 5.77. The van der Waals surface area contributed by atoms with E-state index in [4.69, 9.17) is 4.74 Å². The van der Waals surface area contributed by atoms with Gasteiger partial charge in [0.1, 0.15) is 6.61 Å². The fraction of sp³-hybridized carbons (Fsp3) is 0.933. The summed E-state index contributed by atoms with van der Waals surface area (Å²) < 4.78 is 5.03. The number of hydrogen-bond donors (Lipinski definition) is 2. The molecule has 0 aliphatic rings. The molecule has 0 aromatic rings. The van der Waals surface area contributed by atoms with Crippen molar-refractivity contribution in [2.45, 2.75) is 65.3 Å². The molecule has 0 atom stereocenters. The molecule has 0 radical (unpaired) electrons. The summed E-state index contributed by atoms with van der Waals surface area (Å²) in [6, 6.07) is 0.597. The van der Waals surface area contributed by atoms with Crippen LogP contribution < -0.4 is 10.6 Å². The average molecular weight is 276 g/mol. The Hall–Kier alpha value is -0.610. The number of hydrogen-bond acceptors (Lipinski definition) is 3. The third-order valence-electron chi connectivity index (χ3n) is 2.92. The molecule has 4 nitrogen and oxygen atoms in total. The topological polar surface area (TPSA) is 50.4 Å². The lowest BCUT2D eigenvalue weighted by Gasteiger charge is -2.07. The van der Waals surface area contributed by atoms with Crippen molar-refractivity contribution in [1.29, 1.82) is 0 Å². The number of rotatable bonds is 13. The minimum Gasteiger partial charge on any atom is -0.372 e. The second-order valence-corrected chi connectivity index (χ2v) is 5.22. The monoisotopic (exact) mass is 276 g/mol. The molecule has 4 heteroatoms. The van der Waals surface area contributed by atoms with E-state index in [0.29, 0.717) is 12.6 Å². The lowest BCUT2D eigenvalue weighted by atomic mass is 10.1. The summed E-state index contributed by atoms with van der Waals surface area (Å²) in [5.74, 6) is 0.00149. The lowest BCUT2D eigenvalue weighted by Crippen LogP contribution is -2.28. The van der Waals surface area contributed by atoms with Gasteiger partial charge in [-0.1, -0.05) is 39.5 Å². The van der Waals surface area contributed by atoms with Crippen LogP contribution in [0.5, 0.6) is 0 Å². The first-order chi connectivity index (χ1) is 9.16. The highest BCUT2D eigenvalue weighted by atomic mass is 16.5. The Morgan fingerprint density at radius 3 is 2.21 bits per heavy atom. The molecule has 0 aromatic heterocycles. The van der Waals surface area contributed by atoms with E-state index in [-0.39, 0.29) is 15.4 Å². The van der Waals surface area contributed by atoms with Crippen LogP contribution in [0.25, 0.3) is 0 Å². The molecule has 0 aromatic carbocycles. The van der Waals surface area contributed by atoms with Gasteiger partial charge >= 0.3 is 0 Å². The first kappa shape index (κ1) is 18.4. The van der Waals surface area contributed by atoms with Crippen LogP contribution in [0.15, 0.2) is 0 Å². The zero-order chi connectivity index (χ0) is 14.3. The summed E-state index contributed by atoms with van der Waals surface area (Å²) >= 11 is 0. The van der Waals surface area contributed by atoms with Gasteiger partial charge in [-0.15, -0.1) is 0 Å². The van der Waals surface area contributed by atoms with Crippen molar-refractivity contribution in [3.63, 3.8) is 0 Å². The number of amides is 1. The summed E-state index contributed by atoms with van der Waals surface area (Å²) in [5, 5.41) is 6.29. The molecule has 0 heterocycles. The van der Waals surface area contributed by atoms with Crippen LogP contribution in [0.1, 0.15) is 62.1 Å². The van der Waals surface area contributed by atoms with Gasteiger partial charge in [-0.3, -0.25) is 4.79 Å². The number of carbonyl (C=O) groups excluding carboxylic acids is 1. The average Bonchev–Trinajstić information content (AvgIpc) is 2.38. The van der Waals surface area contributed by atoms with Crippen molar-refractivity contribution in [2.75, 3.05) is 26.3 Å². The summed E-state index contributed by atoms with van der Waals surface area (Å²) in [6.07, 6.45) is 7.41. The third-order valence-corrected chi connectivity index (χ3v) is 2.92. The summed E-state index contributed by atoms with van der Waals surface area (Å²) in [4.78, 5) is 11.2. The number of nitrogens with one attached hydrogen (secondary N) is 2. The standard InChI is InChI=1S/C15H32N2O2.2H2/c1-4-19-13-15(18)17-12-10-8-6-5-7-9-11-16-14(2)3;;/h14,16H,4-13H2,1-3H3,(H,17,18);2*1H. The maximum atomic E-state index is 11.2. The minimum atomic E-state index is 0. The van der Waals surface area contributed by atoms with Crippen LogP contribution in [0, 0.1) is 0 Å². The van der Waals surface area contributed by atoms with Crippen molar-refractivity contribution < 1.29 is 12.4 Å². The normalized spacial score (nSPS) is 10.9. The lowest BCUT2D eigenvalue weighted by molar-refractivity contribution is -0.125. The molecule has 0 rings (SSSR count). The van der Waals surface area contributed by atoms with Gasteiger partial charge < -0.3 is 15.4 Å². The SMILES string of the molecule is CCOCC(=O)NCCCCCCCCNC(C)C.[HH].[HH]. The van der Waals surface area contributed by atoms with E-state index in [1.807, 2.05) is 6.92 Å². The molecular weight excluding hydrogens is 240 g/mol. The van der Waals surface area contributed by atoms with E-state index in [1.165, 1.54) is 32.1 Å². The molecule has 19 heavy (non-hydrogen) atoms. The van der Waals surface area contributed by atoms with E-state index in [2.05, 4.69) is 24.5 Å². The first-order valence-corrected chi connectivity index (χ1v) is 7.74. The Kier molecular flexibility index (Phi) is 13.4. The maximum Gasteiger partial charge on any atom is 0.245 e. The Bertz CT molecular complexity index is 218. The van der Waals surface area contributed by atoms with Crippen molar-refractivity contribution >= 4 is 5.91 Å². The number of ether oxygens (including phenoxy) is 1. The van der Waals surface area contributed by atoms with Crippen molar-refractivity contribution in [1.82, 2.24) is 10.6 Å². The molecule has 0 aliphatic carbocycles. The Morgan fingerprint density at radius 1 is 1.05 bits per heavy atom. The first-order valence-electron chi connectivity index (χ1n) is 7.74. The van der Waals surface area contributed by atoms with Crippen LogP contribution in [0.4, 0.5) is 0 Å². The van der Waals surface area contributed by atoms with Gasteiger partial charge in [-0.2, -0.15) is 0 Å². The second kappa shape index (κ2) is 13.8. The molecule has 0 saturated heterocycles. The third kappa shape index (κ3) is 15.3. The Labute approximate surface area is 121 Å². The van der Waals surface area contributed by atoms with Crippen LogP contribution >= 0.6 is 0 Å². The molecular formula is C15H36N2O2. The molecule has 0 unspecified atom stereocenters. The predicted molar refractivity (Wildman–Crippen MR) is 84.6 cm³/mol. The molecule has 0 bridgehead atoms. The highest BCUT2D eigenvalue weighted by Crippen LogP contribution is 2.04. The van der Waals surface area contributed by atoms with Gasteiger partial charge in [0.2, 0.25) is 5.91 Å². The van der Waals surface area contributed by atoms with E-state index < -0.39 is 0 Å². The largest absolute Gasteiger partial charge is 0.372 e. The molecule has 0 spiro atoms. The predicted octanol–water partition coefficient (Wildman–Crippen LogP) is 2.97. The van der Waals surface area contributed by atoms with E-state index in [0.717, 1.165) is 19.5 Å². The van der Waals surface area contributed by atoms with Crippen molar-refractivity contribution in [3.8, 4) is 0 Å². The van der Waals surface area contributed by atoms with Gasteiger partial charge in [0, 0.05) is 22.0 Å². The fourth-order valence-corrected chi connectivity index (χ4v) is 1.82. The van der Waals surface area contributed by atoms with Crippen molar-refractivity contribution in [2.24, 2.45) is 0 Å². The zero-order valence-electron chi connectivity index (χ0n) is 13.0. The molecule has 118 valence electrons. The molecule has 2 N–H and O–H groups in total. The van der Waals surface area contributed by atoms with E-state index >= 15 is 0 Å². The van der Waals surface area contributed by atoms with Crippen LogP contribution in [0.2, 0.25) is 0 Å². The van der Waals surface area contributed by atoms with Crippen molar-refractivity contribution in [3.05, 3.63) is 0 Å². The smallest absolute Gasteiger partial charge is 0.245 e. The number of carbonyl (C=O) groups is 1. The van der Waals surface area contributed by atoms with Gasteiger partial charge in [0.05, 0.1) is 0 Å². The fourth-order valence-electron chi connectivity index (χ4n) is 1.82. The van der Waals surface area contributed by atoms with Gasteiger partial charge in [-0.25, -0.2) is 0 Å². The summed E-state index contributed by atoms with van der Waals surface area (Å²) in [7, 11) is 0.